The molecule has 3 rings (SSSR count). The summed E-state index contributed by atoms with van der Waals surface area (Å²) in [5.74, 6) is -2.52. The van der Waals surface area contributed by atoms with Crippen LogP contribution in [0.3, 0.4) is 0 Å². The predicted molar refractivity (Wildman–Crippen MR) is 91.3 cm³/mol. The van der Waals surface area contributed by atoms with E-state index in [1.54, 1.807) is 0 Å². The summed E-state index contributed by atoms with van der Waals surface area (Å²) in [6, 6.07) is 10.9. The van der Waals surface area contributed by atoms with Crippen LogP contribution in [0.4, 0.5) is 8.78 Å². The van der Waals surface area contributed by atoms with Crippen LogP contribution in [-0.2, 0) is 4.79 Å². The summed E-state index contributed by atoms with van der Waals surface area (Å²) in [6.07, 6.45) is 1.36. The monoisotopic (exact) mass is 345 g/mol. The van der Waals surface area contributed by atoms with Crippen molar-refractivity contribution in [2.45, 2.75) is 25.8 Å². The Kier molecular flexibility index (Phi) is 5.13. The molecular weight excluding hydrogens is 324 g/mol. The Balaban J connectivity index is 2.02. The Morgan fingerprint density at radius 1 is 1.20 bits per heavy atom. The molecule has 1 fully saturated rings. The van der Waals surface area contributed by atoms with Gasteiger partial charge in [0.15, 0.2) is 0 Å². The van der Waals surface area contributed by atoms with Crippen molar-refractivity contribution in [2.24, 2.45) is 5.92 Å². The molecule has 132 valence electrons. The zero-order valence-corrected chi connectivity index (χ0v) is 14.1. The van der Waals surface area contributed by atoms with Crippen molar-refractivity contribution < 1.29 is 18.7 Å². The highest BCUT2D eigenvalue weighted by Crippen LogP contribution is 2.34. The van der Waals surface area contributed by atoms with Crippen LogP contribution < -0.4 is 0 Å². The fraction of sp³-hybridized carbons (Fsp3) is 0.350. The molecule has 0 bridgehead atoms. The number of aryl methyl sites for hydroxylation is 1. The van der Waals surface area contributed by atoms with E-state index in [9.17, 15) is 18.7 Å². The summed E-state index contributed by atoms with van der Waals surface area (Å²) in [5, 5.41) is 9.36. The van der Waals surface area contributed by atoms with Crippen LogP contribution in [-0.4, -0.2) is 29.1 Å². The molecule has 1 saturated heterocycles. The van der Waals surface area contributed by atoms with Crippen LogP contribution in [0.2, 0.25) is 0 Å². The summed E-state index contributed by atoms with van der Waals surface area (Å²) in [6.45, 7) is 3.00. The molecule has 1 N–H and O–H groups in total. The highest BCUT2D eigenvalue weighted by atomic mass is 19.1. The second kappa shape index (κ2) is 7.31. The molecule has 5 heteroatoms. The first kappa shape index (κ1) is 17.5. The molecule has 0 amide bonds. The molecule has 1 aliphatic rings. The summed E-state index contributed by atoms with van der Waals surface area (Å²) < 4.78 is 27.8. The Morgan fingerprint density at radius 3 is 2.56 bits per heavy atom. The van der Waals surface area contributed by atoms with Crippen molar-refractivity contribution in [2.75, 3.05) is 13.1 Å². The molecule has 0 radical (unpaired) electrons. The number of nitrogens with zero attached hydrogens (tertiary/aromatic N) is 1. The lowest BCUT2D eigenvalue weighted by Crippen LogP contribution is -2.41. The van der Waals surface area contributed by atoms with Crippen LogP contribution >= 0.6 is 0 Å². The number of hydrogen-bond acceptors (Lipinski definition) is 2. The quantitative estimate of drug-likeness (QED) is 0.905. The highest BCUT2D eigenvalue weighted by molar-refractivity contribution is 5.70. The zero-order valence-electron chi connectivity index (χ0n) is 14.1. The van der Waals surface area contributed by atoms with E-state index in [1.165, 1.54) is 12.1 Å². The summed E-state index contributed by atoms with van der Waals surface area (Å²) in [4.78, 5) is 13.4. The van der Waals surface area contributed by atoms with E-state index in [1.807, 2.05) is 36.1 Å². The van der Waals surface area contributed by atoms with Gasteiger partial charge < -0.3 is 5.11 Å². The lowest BCUT2D eigenvalue weighted by Gasteiger charge is -2.37. The molecular formula is C20H21F2NO2. The average molecular weight is 345 g/mol. The molecule has 2 aromatic rings. The Labute approximate surface area is 145 Å². The van der Waals surface area contributed by atoms with Gasteiger partial charge in [-0.25, -0.2) is 8.78 Å². The number of hydrogen-bond donors (Lipinski definition) is 1. The normalized spacial score (nSPS) is 19.6. The number of halogens is 2. The third-order valence-corrected chi connectivity index (χ3v) is 4.82. The largest absolute Gasteiger partial charge is 0.481 e. The summed E-state index contributed by atoms with van der Waals surface area (Å²) >= 11 is 0. The lowest BCUT2D eigenvalue weighted by atomic mass is 9.91. The van der Waals surface area contributed by atoms with E-state index in [2.05, 4.69) is 0 Å². The molecule has 0 spiro atoms. The second-order valence-corrected chi connectivity index (χ2v) is 6.65. The van der Waals surface area contributed by atoms with Gasteiger partial charge in [0.25, 0.3) is 0 Å². The van der Waals surface area contributed by atoms with Crippen LogP contribution in [0.5, 0.6) is 0 Å². The summed E-state index contributed by atoms with van der Waals surface area (Å²) in [5.41, 5.74) is 2.34. The minimum Gasteiger partial charge on any atom is -0.481 e. The first-order chi connectivity index (χ1) is 12.0. The number of likely N-dealkylation sites (tertiary alicyclic amines) is 1. The van der Waals surface area contributed by atoms with Crippen LogP contribution in [0.1, 0.15) is 35.6 Å². The Hall–Kier alpha value is -2.27. The van der Waals surface area contributed by atoms with Crippen molar-refractivity contribution in [3.63, 3.8) is 0 Å². The minimum atomic E-state index is -0.827. The maximum Gasteiger partial charge on any atom is 0.307 e. The van der Waals surface area contributed by atoms with Gasteiger partial charge in [-0.1, -0.05) is 35.9 Å². The SMILES string of the molecule is Cc1ccc(C(c2ccc(F)cc2F)N2CCCC(C(=O)O)C2)cc1. The van der Waals surface area contributed by atoms with Gasteiger partial charge in [-0.3, -0.25) is 9.69 Å². The van der Waals surface area contributed by atoms with Gasteiger partial charge in [-0.15, -0.1) is 0 Å². The standard InChI is InChI=1S/C20H21F2NO2/c1-13-4-6-14(7-5-13)19(17-9-8-16(21)11-18(17)22)23-10-2-3-15(12-23)20(24)25/h4-9,11,15,19H,2-3,10,12H2,1H3,(H,24,25). The number of benzene rings is 2. The van der Waals surface area contributed by atoms with E-state index < -0.39 is 29.6 Å². The van der Waals surface area contributed by atoms with Gasteiger partial charge in [-0.05, 0) is 37.9 Å². The number of aliphatic carboxylic acids is 1. The van der Waals surface area contributed by atoms with Gasteiger partial charge in [-0.2, -0.15) is 0 Å². The van der Waals surface area contributed by atoms with Crippen LogP contribution in [0.15, 0.2) is 42.5 Å². The molecule has 2 unspecified atom stereocenters. The van der Waals surface area contributed by atoms with Crippen LogP contribution in [0.25, 0.3) is 0 Å². The summed E-state index contributed by atoms with van der Waals surface area (Å²) in [7, 11) is 0. The smallest absolute Gasteiger partial charge is 0.307 e. The van der Waals surface area contributed by atoms with Crippen molar-refractivity contribution in [3.8, 4) is 0 Å². The highest BCUT2D eigenvalue weighted by Gasteiger charge is 2.32. The molecule has 1 heterocycles. The Morgan fingerprint density at radius 2 is 1.92 bits per heavy atom. The average Bonchev–Trinajstić information content (AvgIpc) is 2.59. The first-order valence-corrected chi connectivity index (χ1v) is 8.44. The van der Waals surface area contributed by atoms with E-state index in [4.69, 9.17) is 0 Å². The van der Waals surface area contributed by atoms with Gasteiger partial charge in [0.2, 0.25) is 0 Å². The lowest BCUT2D eigenvalue weighted by molar-refractivity contribution is -0.143. The maximum absolute atomic E-state index is 14.5. The second-order valence-electron chi connectivity index (χ2n) is 6.65. The van der Waals surface area contributed by atoms with Crippen molar-refractivity contribution >= 4 is 5.97 Å². The van der Waals surface area contributed by atoms with Gasteiger partial charge >= 0.3 is 5.97 Å². The van der Waals surface area contributed by atoms with Gasteiger partial charge in [0.1, 0.15) is 11.6 Å². The molecule has 0 aliphatic carbocycles. The Bertz CT molecular complexity index is 761. The number of carboxylic acid groups (broad SMARTS) is 1. The van der Waals surface area contributed by atoms with E-state index in [-0.39, 0.29) is 0 Å². The molecule has 0 aromatic heterocycles. The van der Waals surface area contributed by atoms with Gasteiger partial charge in [0.05, 0.1) is 12.0 Å². The van der Waals surface area contributed by atoms with E-state index in [0.717, 1.165) is 23.6 Å². The fourth-order valence-corrected chi connectivity index (χ4v) is 3.50. The van der Waals surface area contributed by atoms with Crippen LogP contribution in [0, 0.1) is 24.5 Å². The molecule has 2 atom stereocenters. The first-order valence-electron chi connectivity index (χ1n) is 8.44. The van der Waals surface area contributed by atoms with E-state index >= 15 is 0 Å². The molecule has 0 saturated carbocycles. The maximum atomic E-state index is 14.5. The number of carboxylic acids is 1. The molecule has 1 aliphatic heterocycles. The topological polar surface area (TPSA) is 40.5 Å². The van der Waals surface area contributed by atoms with Gasteiger partial charge in [0, 0.05) is 18.2 Å². The van der Waals surface area contributed by atoms with E-state index in [0.29, 0.717) is 25.1 Å². The molecule has 25 heavy (non-hydrogen) atoms. The van der Waals surface area contributed by atoms with Crippen molar-refractivity contribution in [1.29, 1.82) is 0 Å². The van der Waals surface area contributed by atoms with Crippen molar-refractivity contribution in [1.82, 2.24) is 4.90 Å². The molecule has 2 aromatic carbocycles. The number of rotatable bonds is 4. The third-order valence-electron chi connectivity index (χ3n) is 4.82. The minimum absolute atomic E-state index is 0.352. The third kappa shape index (κ3) is 3.87. The zero-order chi connectivity index (χ0) is 18.0. The number of piperidine rings is 1. The molecule has 3 nitrogen and oxygen atoms in total. The van der Waals surface area contributed by atoms with Crippen molar-refractivity contribution in [3.05, 3.63) is 70.8 Å². The number of carbonyl (C=O) groups is 1. The fourth-order valence-electron chi connectivity index (χ4n) is 3.50. The predicted octanol–water partition coefficient (Wildman–Crippen LogP) is 4.16.